The van der Waals surface area contributed by atoms with Crippen molar-refractivity contribution in [2.45, 2.75) is 51.7 Å². The van der Waals surface area contributed by atoms with E-state index in [0.717, 1.165) is 26.1 Å². The fourth-order valence-corrected chi connectivity index (χ4v) is 1.56. The molecule has 72 valence electrons. The SMILES string of the molecule is CCCC1CO[C@H](CCC)CO1. The summed E-state index contributed by atoms with van der Waals surface area (Å²) in [5.41, 5.74) is 0. The maximum Gasteiger partial charge on any atom is 0.0809 e. The predicted molar refractivity (Wildman–Crippen MR) is 49.3 cm³/mol. The van der Waals surface area contributed by atoms with Crippen LogP contribution >= 0.6 is 0 Å². The van der Waals surface area contributed by atoms with Crippen molar-refractivity contribution in [1.29, 1.82) is 0 Å². The van der Waals surface area contributed by atoms with Crippen LogP contribution in [0.5, 0.6) is 0 Å². The van der Waals surface area contributed by atoms with Crippen LogP contribution in [0.2, 0.25) is 0 Å². The molecule has 1 heterocycles. The van der Waals surface area contributed by atoms with Gasteiger partial charge < -0.3 is 9.47 Å². The van der Waals surface area contributed by atoms with Crippen molar-refractivity contribution in [2.24, 2.45) is 0 Å². The Morgan fingerprint density at radius 1 is 0.917 bits per heavy atom. The maximum atomic E-state index is 5.66. The molecule has 0 aliphatic carbocycles. The zero-order valence-corrected chi connectivity index (χ0v) is 8.21. The summed E-state index contributed by atoms with van der Waals surface area (Å²) in [5.74, 6) is 0. The van der Waals surface area contributed by atoms with E-state index in [1.54, 1.807) is 0 Å². The molecule has 1 saturated heterocycles. The second-order valence-electron chi connectivity index (χ2n) is 3.49. The van der Waals surface area contributed by atoms with E-state index in [9.17, 15) is 0 Å². The third-order valence-corrected chi connectivity index (χ3v) is 2.26. The van der Waals surface area contributed by atoms with Crippen LogP contribution in [0.3, 0.4) is 0 Å². The maximum absolute atomic E-state index is 5.66. The van der Waals surface area contributed by atoms with Gasteiger partial charge in [0.1, 0.15) is 0 Å². The molecular weight excluding hydrogens is 152 g/mol. The normalized spacial score (nSPS) is 30.5. The van der Waals surface area contributed by atoms with Crippen molar-refractivity contribution >= 4 is 0 Å². The van der Waals surface area contributed by atoms with Gasteiger partial charge in [-0.05, 0) is 12.8 Å². The Morgan fingerprint density at radius 2 is 1.33 bits per heavy atom. The summed E-state index contributed by atoms with van der Waals surface area (Å²) in [7, 11) is 0. The predicted octanol–water partition coefficient (Wildman–Crippen LogP) is 2.37. The van der Waals surface area contributed by atoms with Gasteiger partial charge in [0.15, 0.2) is 0 Å². The van der Waals surface area contributed by atoms with Crippen LogP contribution in [-0.2, 0) is 9.47 Å². The fourth-order valence-electron chi connectivity index (χ4n) is 1.56. The van der Waals surface area contributed by atoms with Crippen LogP contribution in [0.25, 0.3) is 0 Å². The molecular formula is C10H20O2. The quantitative estimate of drug-likeness (QED) is 0.648. The Hall–Kier alpha value is -0.0800. The standard InChI is InChI=1S/C10H20O2/c1-3-5-9-7-12-10(6-4-2)8-11-9/h9-10H,3-8H2,1-2H3/t9-,10?/m1/s1. The lowest BCUT2D eigenvalue weighted by Crippen LogP contribution is -2.35. The Labute approximate surface area is 75.2 Å². The van der Waals surface area contributed by atoms with Crippen LogP contribution in [0.4, 0.5) is 0 Å². The van der Waals surface area contributed by atoms with E-state index in [-0.39, 0.29) is 0 Å². The molecule has 0 N–H and O–H groups in total. The van der Waals surface area contributed by atoms with Crippen LogP contribution < -0.4 is 0 Å². The highest BCUT2D eigenvalue weighted by Crippen LogP contribution is 2.14. The third-order valence-electron chi connectivity index (χ3n) is 2.26. The van der Waals surface area contributed by atoms with E-state index in [2.05, 4.69) is 13.8 Å². The van der Waals surface area contributed by atoms with Crippen molar-refractivity contribution < 1.29 is 9.47 Å². The average Bonchev–Trinajstić information content (AvgIpc) is 2.09. The Kier molecular flexibility index (Phi) is 4.62. The molecule has 12 heavy (non-hydrogen) atoms. The fraction of sp³-hybridized carbons (Fsp3) is 1.00. The highest BCUT2D eigenvalue weighted by molar-refractivity contribution is 4.66. The minimum atomic E-state index is 0.364. The number of hydrogen-bond donors (Lipinski definition) is 0. The van der Waals surface area contributed by atoms with E-state index in [1.165, 1.54) is 12.8 Å². The Balaban J connectivity index is 2.11. The van der Waals surface area contributed by atoms with Crippen molar-refractivity contribution in [2.75, 3.05) is 13.2 Å². The monoisotopic (exact) mass is 172 g/mol. The molecule has 0 aromatic rings. The molecule has 1 aliphatic rings. The molecule has 0 aromatic heterocycles. The summed E-state index contributed by atoms with van der Waals surface area (Å²) in [5, 5.41) is 0. The molecule has 0 amide bonds. The van der Waals surface area contributed by atoms with Gasteiger partial charge in [0, 0.05) is 0 Å². The van der Waals surface area contributed by atoms with Gasteiger partial charge in [-0.1, -0.05) is 26.7 Å². The summed E-state index contributed by atoms with van der Waals surface area (Å²) in [6.07, 6.45) is 5.38. The van der Waals surface area contributed by atoms with Gasteiger partial charge in [-0.15, -0.1) is 0 Å². The van der Waals surface area contributed by atoms with Gasteiger partial charge in [-0.25, -0.2) is 0 Å². The van der Waals surface area contributed by atoms with Gasteiger partial charge in [0.2, 0.25) is 0 Å². The molecule has 1 rings (SSSR count). The van der Waals surface area contributed by atoms with E-state index >= 15 is 0 Å². The molecule has 0 radical (unpaired) electrons. The zero-order valence-electron chi connectivity index (χ0n) is 8.21. The number of ether oxygens (including phenoxy) is 2. The molecule has 1 fully saturated rings. The van der Waals surface area contributed by atoms with E-state index in [0.29, 0.717) is 12.2 Å². The van der Waals surface area contributed by atoms with E-state index < -0.39 is 0 Å². The second kappa shape index (κ2) is 5.55. The lowest BCUT2D eigenvalue weighted by molar-refractivity contribution is -0.136. The van der Waals surface area contributed by atoms with Gasteiger partial charge in [-0.3, -0.25) is 0 Å². The van der Waals surface area contributed by atoms with Crippen LogP contribution in [0, 0.1) is 0 Å². The summed E-state index contributed by atoms with van der Waals surface area (Å²) in [4.78, 5) is 0. The first-order valence-corrected chi connectivity index (χ1v) is 5.10. The third kappa shape index (κ3) is 3.11. The van der Waals surface area contributed by atoms with E-state index in [4.69, 9.17) is 9.47 Å². The zero-order chi connectivity index (χ0) is 8.81. The van der Waals surface area contributed by atoms with Crippen LogP contribution in [0.1, 0.15) is 39.5 Å². The highest BCUT2D eigenvalue weighted by Gasteiger charge is 2.20. The molecule has 2 atom stereocenters. The minimum Gasteiger partial charge on any atom is -0.373 e. The molecule has 2 nitrogen and oxygen atoms in total. The second-order valence-corrected chi connectivity index (χ2v) is 3.49. The van der Waals surface area contributed by atoms with Gasteiger partial charge in [-0.2, -0.15) is 0 Å². The molecule has 0 saturated carbocycles. The highest BCUT2D eigenvalue weighted by atomic mass is 16.6. The van der Waals surface area contributed by atoms with Crippen molar-refractivity contribution in [3.8, 4) is 0 Å². The molecule has 0 aromatic carbocycles. The largest absolute Gasteiger partial charge is 0.373 e. The summed E-state index contributed by atoms with van der Waals surface area (Å²) >= 11 is 0. The average molecular weight is 172 g/mol. The summed E-state index contributed by atoms with van der Waals surface area (Å²) in [6, 6.07) is 0. The number of rotatable bonds is 4. The summed E-state index contributed by atoms with van der Waals surface area (Å²) in [6.45, 7) is 5.97. The molecule has 0 spiro atoms. The van der Waals surface area contributed by atoms with Crippen molar-refractivity contribution in [3.05, 3.63) is 0 Å². The lowest BCUT2D eigenvalue weighted by Gasteiger charge is -2.29. The molecule has 1 unspecified atom stereocenters. The molecule has 1 aliphatic heterocycles. The van der Waals surface area contributed by atoms with Gasteiger partial charge >= 0.3 is 0 Å². The topological polar surface area (TPSA) is 18.5 Å². The van der Waals surface area contributed by atoms with Gasteiger partial charge in [0.25, 0.3) is 0 Å². The Morgan fingerprint density at radius 3 is 1.58 bits per heavy atom. The first-order chi connectivity index (χ1) is 5.86. The summed E-state index contributed by atoms with van der Waals surface area (Å²) < 4.78 is 11.3. The minimum absolute atomic E-state index is 0.364. The lowest BCUT2D eigenvalue weighted by atomic mass is 10.1. The Bertz CT molecular complexity index is 92.4. The van der Waals surface area contributed by atoms with Crippen LogP contribution in [-0.4, -0.2) is 25.4 Å². The van der Waals surface area contributed by atoms with Crippen molar-refractivity contribution in [3.63, 3.8) is 0 Å². The smallest absolute Gasteiger partial charge is 0.0809 e. The first kappa shape index (κ1) is 10.0. The van der Waals surface area contributed by atoms with E-state index in [1.807, 2.05) is 0 Å². The molecule has 2 heteroatoms. The molecule has 0 bridgehead atoms. The van der Waals surface area contributed by atoms with Crippen LogP contribution in [0.15, 0.2) is 0 Å². The van der Waals surface area contributed by atoms with Gasteiger partial charge in [0.05, 0.1) is 25.4 Å². The van der Waals surface area contributed by atoms with Crippen molar-refractivity contribution in [1.82, 2.24) is 0 Å². The number of hydrogen-bond acceptors (Lipinski definition) is 2. The first-order valence-electron chi connectivity index (χ1n) is 5.10.